The van der Waals surface area contributed by atoms with Crippen LogP contribution in [-0.4, -0.2) is 101 Å². The normalized spacial score (nSPS) is 27.5. The number of amides is 5. The van der Waals surface area contributed by atoms with Crippen LogP contribution >= 0.6 is 0 Å². The molecule has 0 unspecified atom stereocenters. The molecule has 3 fully saturated rings. The smallest absolute Gasteiger partial charge is 0.315 e. The van der Waals surface area contributed by atoms with Crippen LogP contribution in [0.3, 0.4) is 0 Å². The zero-order chi connectivity index (χ0) is 46.4. The van der Waals surface area contributed by atoms with Gasteiger partial charge in [0, 0.05) is 46.8 Å². The Balaban J connectivity index is 0.00000306. The van der Waals surface area contributed by atoms with Crippen LogP contribution in [0.25, 0.3) is 22.0 Å². The number of allylic oxidation sites excluding steroid dienone is 1. The minimum absolute atomic E-state index is 0. The van der Waals surface area contributed by atoms with E-state index in [1.807, 2.05) is 78.0 Å². The van der Waals surface area contributed by atoms with Crippen molar-refractivity contribution in [2.24, 2.45) is 17.8 Å². The maximum Gasteiger partial charge on any atom is 0.315 e. The first-order valence-electron chi connectivity index (χ1n) is 22.3. The molecule has 16 nitrogen and oxygen atoms in total. The number of methoxy groups -OCH3 is 1. The largest absolute Gasteiger partial charge is 0.497 e. The first-order chi connectivity index (χ1) is 30.1. The molecular weight excluding hydrogens is 839 g/mol. The second-order valence-corrected chi connectivity index (χ2v) is 21.9. The maximum atomic E-state index is 15.1. The number of rotatable bonds is 10. The molecule has 7 atom stereocenters. The van der Waals surface area contributed by atoms with Gasteiger partial charge in [-0.1, -0.05) is 26.0 Å². The molecule has 1 aromatic carbocycles. The highest BCUT2D eigenvalue weighted by Gasteiger charge is 2.63. The highest BCUT2D eigenvalue weighted by molar-refractivity contribution is 7.91. The number of sulfonamides is 1. The minimum atomic E-state index is -4.03. The van der Waals surface area contributed by atoms with Crippen molar-refractivity contribution < 1.29 is 47.5 Å². The van der Waals surface area contributed by atoms with Gasteiger partial charge in [-0.3, -0.25) is 19.1 Å². The lowest BCUT2D eigenvalue weighted by molar-refractivity contribution is -0.142. The van der Waals surface area contributed by atoms with E-state index in [4.69, 9.17) is 19.2 Å². The summed E-state index contributed by atoms with van der Waals surface area (Å²) in [7, 11) is -2.45. The van der Waals surface area contributed by atoms with Crippen LogP contribution in [0.15, 0.2) is 54.7 Å². The summed E-state index contributed by atoms with van der Waals surface area (Å²) in [5, 5.41) is 10.2. The van der Waals surface area contributed by atoms with Crippen molar-refractivity contribution in [3.63, 3.8) is 0 Å². The Hall–Kier alpha value is -5.45. The Kier molecular flexibility index (Phi) is 13.0. The number of nitrogens with zero attached hydrogens (tertiary/aromatic N) is 3. The summed E-state index contributed by atoms with van der Waals surface area (Å²) >= 11 is 0. The molecule has 2 saturated carbocycles. The molecule has 17 heteroatoms. The van der Waals surface area contributed by atoms with Gasteiger partial charge in [0.1, 0.15) is 29.5 Å². The van der Waals surface area contributed by atoms with Crippen LogP contribution in [0.4, 0.5) is 4.79 Å². The van der Waals surface area contributed by atoms with Crippen LogP contribution in [-0.2, 0) is 24.4 Å². The summed E-state index contributed by atoms with van der Waals surface area (Å²) < 4.78 is 46.0. The molecule has 5 amide bonds. The quantitative estimate of drug-likeness (QED) is 0.156. The second-order valence-electron chi connectivity index (χ2n) is 19.7. The number of fused-ring (bicyclic) bond motifs is 3. The molecule has 4 N–H and O–H groups in total. The Morgan fingerprint density at radius 2 is 1.81 bits per heavy atom. The van der Waals surface area contributed by atoms with Crippen molar-refractivity contribution in [3.8, 4) is 28.8 Å². The van der Waals surface area contributed by atoms with Gasteiger partial charge in [-0.15, -0.1) is 0 Å². The number of ether oxygens (including phenoxy) is 3. The van der Waals surface area contributed by atoms with E-state index in [0.717, 1.165) is 11.8 Å². The van der Waals surface area contributed by atoms with Crippen molar-refractivity contribution in [2.45, 2.75) is 140 Å². The van der Waals surface area contributed by atoms with E-state index in [1.54, 1.807) is 32.4 Å². The molecule has 2 aromatic heterocycles. The summed E-state index contributed by atoms with van der Waals surface area (Å²) in [4.78, 5) is 68.3. The molecule has 7 rings (SSSR count). The third-order valence-electron chi connectivity index (χ3n) is 12.7. The van der Waals surface area contributed by atoms with Gasteiger partial charge in [0.2, 0.25) is 33.6 Å². The summed E-state index contributed by atoms with van der Waals surface area (Å²) in [6.45, 7) is 14.9. The number of hydrogen-bond acceptors (Lipinski definition) is 11. The van der Waals surface area contributed by atoms with Crippen LogP contribution < -0.4 is 34.9 Å². The zero-order valence-corrected chi connectivity index (χ0v) is 39.1. The van der Waals surface area contributed by atoms with E-state index in [9.17, 15) is 22.8 Å². The standard InChI is InChI=1S/C47H63N7O9S.4H2/c1-27(2)62-38-17-14-30(25-48-38)36-22-31-21-33(61-9)15-16-35(31)41(49-36)63-34-23-37-40(55)51-47(43(57)53-64(59,60)46(8)18-19-46)24-32(47)13-11-10-12-28(3)20-29(4)39(42(56)54(37)26-34)50-44(58)52-45(5,6)7;;;;/h11,13-17,21-22,25,27-29,32,34,37,39H,10,12,18-20,23-24,26H2,1-9H3,(H,51,55)(H,53,57)(H2,50,52,58);4*1H/b13-11-;;;;/t28-,29+,32+,34+,37-,39-,47+;;;;/m0..../s1. The van der Waals surface area contributed by atoms with Gasteiger partial charge in [0.25, 0.3) is 5.91 Å². The molecule has 0 radical (unpaired) electrons. The van der Waals surface area contributed by atoms with Gasteiger partial charge in [-0.25, -0.2) is 23.2 Å². The molecule has 64 heavy (non-hydrogen) atoms. The number of pyridine rings is 2. The SMILES string of the molecule is COc1ccc2c(O[C@@H]3C[C@H]4C(=O)N[C@]5(C(=O)NS(=O)(=O)C6(C)CC6)C[C@H]5/C=C\CC[C@H](C)C[C@@H](C)[C@H](NC(=O)NC(C)(C)C)C(=O)N4C3)nc(-c3ccc(OC(C)C)nc3)cc2c1.[HH].[HH].[HH].[HH]. The van der Waals surface area contributed by atoms with Crippen LogP contribution in [0.1, 0.15) is 106 Å². The lowest BCUT2D eigenvalue weighted by Gasteiger charge is -2.33. The number of urea groups is 1. The van der Waals surface area contributed by atoms with E-state index >= 15 is 4.79 Å². The van der Waals surface area contributed by atoms with E-state index in [0.29, 0.717) is 54.0 Å². The van der Waals surface area contributed by atoms with Gasteiger partial charge >= 0.3 is 6.03 Å². The summed E-state index contributed by atoms with van der Waals surface area (Å²) in [5.41, 5.74) is -0.912. The first-order valence-corrected chi connectivity index (χ1v) is 23.8. The van der Waals surface area contributed by atoms with Crippen LogP contribution in [0.5, 0.6) is 17.5 Å². The van der Waals surface area contributed by atoms with Gasteiger partial charge < -0.3 is 35.1 Å². The predicted octanol–water partition coefficient (Wildman–Crippen LogP) is 6.78. The number of carbonyl (C=O) groups is 4. The van der Waals surface area contributed by atoms with Crippen molar-refractivity contribution in [1.82, 2.24) is 35.5 Å². The zero-order valence-electron chi connectivity index (χ0n) is 38.3. The van der Waals surface area contributed by atoms with Crippen molar-refractivity contribution in [2.75, 3.05) is 13.7 Å². The van der Waals surface area contributed by atoms with E-state index < -0.39 is 73.7 Å². The fourth-order valence-electron chi connectivity index (χ4n) is 8.68. The number of nitrogens with one attached hydrogen (secondary N) is 4. The van der Waals surface area contributed by atoms with Gasteiger partial charge in [-0.2, -0.15) is 0 Å². The van der Waals surface area contributed by atoms with Gasteiger partial charge in [0.05, 0.1) is 30.2 Å². The Bertz CT molecular complexity index is 2440. The van der Waals surface area contributed by atoms with E-state index in [2.05, 4.69) is 32.6 Å². The monoisotopic (exact) mass is 910 g/mol. The molecule has 2 aliphatic carbocycles. The van der Waals surface area contributed by atoms with Crippen molar-refractivity contribution in [1.29, 1.82) is 0 Å². The first kappa shape index (κ1) is 46.5. The molecule has 4 aliphatic rings. The number of carbonyl (C=O) groups excluding carboxylic acids is 4. The predicted molar refractivity (Wildman–Crippen MR) is 250 cm³/mol. The Labute approximate surface area is 382 Å². The Morgan fingerprint density at radius 1 is 1.06 bits per heavy atom. The fraction of sp³-hybridized carbons (Fsp3) is 0.574. The van der Waals surface area contributed by atoms with E-state index in [-0.39, 0.29) is 48.9 Å². The third kappa shape index (κ3) is 10.2. The molecule has 0 bridgehead atoms. The highest BCUT2D eigenvalue weighted by Crippen LogP contribution is 2.48. The summed E-state index contributed by atoms with van der Waals surface area (Å²) in [5.74, 6) is -1.26. The molecule has 2 aliphatic heterocycles. The van der Waals surface area contributed by atoms with Gasteiger partial charge in [-0.05, 0) is 128 Å². The summed E-state index contributed by atoms with van der Waals surface area (Å²) in [6, 6.07) is 8.29. The van der Waals surface area contributed by atoms with E-state index in [1.165, 1.54) is 4.90 Å². The average Bonchev–Trinajstić information content (AvgIpc) is 4.10. The molecule has 0 spiro atoms. The number of hydrogen-bond donors (Lipinski definition) is 4. The van der Waals surface area contributed by atoms with Gasteiger partial charge in [0.15, 0.2) is 0 Å². The highest BCUT2D eigenvalue weighted by atomic mass is 32.2. The van der Waals surface area contributed by atoms with Crippen molar-refractivity contribution >= 4 is 44.5 Å². The molecular formula is C47H71N7O9S. The average molecular weight is 910 g/mol. The molecule has 1 saturated heterocycles. The van der Waals surface area contributed by atoms with Crippen LogP contribution in [0, 0.1) is 17.8 Å². The molecule has 3 aromatic rings. The molecule has 354 valence electrons. The number of benzene rings is 1. The summed E-state index contributed by atoms with van der Waals surface area (Å²) in [6.07, 6.45) is 7.75. The van der Waals surface area contributed by atoms with Crippen LogP contribution in [0.2, 0.25) is 0 Å². The second kappa shape index (κ2) is 17.8. The number of aromatic nitrogens is 2. The molecule has 4 heterocycles. The van der Waals surface area contributed by atoms with Crippen molar-refractivity contribution in [3.05, 3.63) is 54.7 Å². The lowest BCUT2D eigenvalue weighted by Crippen LogP contribution is -2.60. The third-order valence-corrected chi connectivity index (χ3v) is 14.9. The maximum absolute atomic E-state index is 15.1. The minimum Gasteiger partial charge on any atom is -0.497 e. The topological polar surface area (TPSA) is 207 Å². The lowest BCUT2D eigenvalue weighted by atomic mass is 9.88. The fourth-order valence-corrected chi connectivity index (χ4v) is 10.00. The Morgan fingerprint density at radius 3 is 2.47 bits per heavy atom.